The van der Waals surface area contributed by atoms with E-state index >= 15 is 0 Å². The fourth-order valence-electron chi connectivity index (χ4n) is 1.50. The third kappa shape index (κ3) is 1.54. The maximum absolute atomic E-state index is 11.2. The van der Waals surface area contributed by atoms with Crippen molar-refractivity contribution in [3.8, 4) is 0 Å². The number of benzene rings is 1. The quantitative estimate of drug-likeness (QED) is 0.732. The molecule has 3 nitrogen and oxygen atoms in total. The van der Waals surface area contributed by atoms with Crippen molar-refractivity contribution in [1.29, 1.82) is 0 Å². The van der Waals surface area contributed by atoms with E-state index in [0.29, 0.717) is 4.90 Å². The van der Waals surface area contributed by atoms with E-state index < -0.39 is 9.84 Å². The van der Waals surface area contributed by atoms with Gasteiger partial charge in [-0.15, -0.1) is 0 Å². The van der Waals surface area contributed by atoms with E-state index in [4.69, 9.17) is 0 Å². The molecule has 13 heavy (non-hydrogen) atoms. The van der Waals surface area contributed by atoms with Gasteiger partial charge in [-0.3, -0.25) is 0 Å². The van der Waals surface area contributed by atoms with Crippen LogP contribution in [0.15, 0.2) is 23.1 Å². The summed E-state index contributed by atoms with van der Waals surface area (Å²) in [6, 6.07) is 5.25. The van der Waals surface area contributed by atoms with Crippen LogP contribution in [0.4, 0.5) is 5.69 Å². The van der Waals surface area contributed by atoms with E-state index in [1.54, 1.807) is 12.1 Å². The summed E-state index contributed by atoms with van der Waals surface area (Å²) in [6.07, 6.45) is 2.21. The van der Waals surface area contributed by atoms with Crippen LogP contribution in [0.5, 0.6) is 0 Å². The molecule has 0 unspecified atom stereocenters. The van der Waals surface area contributed by atoms with Crippen molar-refractivity contribution < 1.29 is 8.42 Å². The zero-order valence-corrected chi connectivity index (χ0v) is 8.19. The van der Waals surface area contributed by atoms with Crippen LogP contribution < -0.4 is 5.32 Å². The van der Waals surface area contributed by atoms with Crippen LogP contribution in [0, 0.1) is 0 Å². The van der Waals surface area contributed by atoms with E-state index in [1.807, 2.05) is 6.07 Å². The minimum atomic E-state index is -3.06. The molecule has 0 saturated carbocycles. The van der Waals surface area contributed by atoms with E-state index in [2.05, 4.69) is 5.32 Å². The molecule has 1 aromatic carbocycles. The van der Waals surface area contributed by atoms with Crippen molar-refractivity contribution in [3.63, 3.8) is 0 Å². The maximum atomic E-state index is 11.2. The normalized spacial score (nSPS) is 15.2. The largest absolute Gasteiger partial charge is 0.384 e. The summed E-state index contributed by atoms with van der Waals surface area (Å²) in [5.41, 5.74) is 2.16. The van der Waals surface area contributed by atoms with Gasteiger partial charge in [0, 0.05) is 18.5 Å². The first kappa shape index (κ1) is 8.56. The first-order valence-corrected chi connectivity index (χ1v) is 6.03. The summed E-state index contributed by atoms with van der Waals surface area (Å²) in [5.74, 6) is 0. The highest BCUT2D eigenvalue weighted by atomic mass is 32.2. The summed E-state index contributed by atoms with van der Waals surface area (Å²) in [5, 5.41) is 3.15. The Morgan fingerprint density at radius 3 is 2.85 bits per heavy atom. The lowest BCUT2D eigenvalue weighted by atomic mass is 10.2. The second kappa shape index (κ2) is 2.73. The molecular weight excluding hydrogens is 186 g/mol. The molecule has 1 aromatic rings. The van der Waals surface area contributed by atoms with Crippen LogP contribution in [-0.2, 0) is 16.3 Å². The van der Waals surface area contributed by atoms with Gasteiger partial charge in [0.05, 0.1) is 4.90 Å². The number of nitrogens with one attached hydrogen (secondary N) is 1. The molecule has 1 aliphatic heterocycles. The van der Waals surface area contributed by atoms with Gasteiger partial charge in [-0.2, -0.15) is 0 Å². The van der Waals surface area contributed by atoms with E-state index in [0.717, 1.165) is 18.7 Å². The van der Waals surface area contributed by atoms with Crippen molar-refractivity contribution in [3.05, 3.63) is 23.8 Å². The van der Waals surface area contributed by atoms with E-state index in [1.165, 1.54) is 11.8 Å². The van der Waals surface area contributed by atoms with Gasteiger partial charge >= 0.3 is 0 Å². The van der Waals surface area contributed by atoms with Gasteiger partial charge < -0.3 is 5.32 Å². The Balaban J connectivity index is 2.54. The highest BCUT2D eigenvalue weighted by Gasteiger charge is 2.13. The lowest BCUT2D eigenvalue weighted by molar-refractivity contribution is 0.602. The molecule has 1 heterocycles. The SMILES string of the molecule is CS(=O)(=O)c1ccc2c(c1)NCC2. The molecule has 1 aliphatic rings. The lowest BCUT2D eigenvalue weighted by Gasteiger charge is -2.02. The van der Waals surface area contributed by atoms with Crippen molar-refractivity contribution >= 4 is 15.5 Å². The Morgan fingerprint density at radius 2 is 2.15 bits per heavy atom. The Kier molecular flexibility index (Phi) is 1.80. The van der Waals surface area contributed by atoms with Crippen LogP contribution in [0.3, 0.4) is 0 Å². The summed E-state index contributed by atoms with van der Waals surface area (Å²) in [7, 11) is -3.06. The van der Waals surface area contributed by atoms with Gasteiger partial charge in [-0.25, -0.2) is 8.42 Å². The predicted molar refractivity (Wildman–Crippen MR) is 51.7 cm³/mol. The number of hydrogen-bond donors (Lipinski definition) is 1. The number of anilines is 1. The van der Waals surface area contributed by atoms with Gasteiger partial charge in [0.25, 0.3) is 0 Å². The van der Waals surface area contributed by atoms with Gasteiger partial charge in [-0.1, -0.05) is 6.07 Å². The number of sulfone groups is 1. The smallest absolute Gasteiger partial charge is 0.175 e. The fraction of sp³-hybridized carbons (Fsp3) is 0.333. The molecule has 0 saturated heterocycles. The minimum Gasteiger partial charge on any atom is -0.384 e. The van der Waals surface area contributed by atoms with Gasteiger partial charge in [0.2, 0.25) is 0 Å². The van der Waals surface area contributed by atoms with E-state index in [-0.39, 0.29) is 0 Å². The average Bonchev–Trinajstić information content (AvgIpc) is 2.47. The number of rotatable bonds is 1. The van der Waals surface area contributed by atoms with Crippen LogP contribution in [0.25, 0.3) is 0 Å². The third-order valence-electron chi connectivity index (χ3n) is 2.22. The van der Waals surface area contributed by atoms with Gasteiger partial charge in [0.15, 0.2) is 9.84 Å². The van der Waals surface area contributed by atoms with Gasteiger partial charge in [0.1, 0.15) is 0 Å². The van der Waals surface area contributed by atoms with Crippen molar-refractivity contribution in [2.75, 3.05) is 18.1 Å². The zero-order valence-electron chi connectivity index (χ0n) is 7.37. The maximum Gasteiger partial charge on any atom is 0.175 e. The topological polar surface area (TPSA) is 46.2 Å². The molecule has 0 amide bonds. The third-order valence-corrected chi connectivity index (χ3v) is 3.33. The zero-order chi connectivity index (χ0) is 9.47. The average molecular weight is 197 g/mol. The molecular formula is C9H11NO2S. The lowest BCUT2D eigenvalue weighted by Crippen LogP contribution is -1.98. The fourth-order valence-corrected chi connectivity index (χ4v) is 2.15. The molecule has 0 spiro atoms. The first-order valence-electron chi connectivity index (χ1n) is 4.14. The molecule has 0 bridgehead atoms. The Labute approximate surface area is 77.7 Å². The predicted octanol–water partition coefficient (Wildman–Crippen LogP) is 1.06. The Morgan fingerprint density at radius 1 is 1.38 bits per heavy atom. The molecule has 0 radical (unpaired) electrons. The van der Waals surface area contributed by atoms with Crippen molar-refractivity contribution in [1.82, 2.24) is 0 Å². The molecule has 0 aliphatic carbocycles. The van der Waals surface area contributed by atoms with Crippen LogP contribution in [-0.4, -0.2) is 21.2 Å². The summed E-state index contributed by atoms with van der Waals surface area (Å²) in [6.45, 7) is 0.905. The summed E-state index contributed by atoms with van der Waals surface area (Å²) >= 11 is 0. The monoisotopic (exact) mass is 197 g/mol. The molecule has 0 aromatic heterocycles. The molecule has 0 fully saturated rings. The highest BCUT2D eigenvalue weighted by Crippen LogP contribution is 2.24. The number of fused-ring (bicyclic) bond motifs is 1. The second-order valence-electron chi connectivity index (χ2n) is 3.27. The Hall–Kier alpha value is -1.03. The van der Waals surface area contributed by atoms with E-state index in [9.17, 15) is 8.42 Å². The molecule has 4 heteroatoms. The standard InChI is InChI=1S/C9H11NO2S/c1-13(11,12)8-3-2-7-4-5-10-9(7)6-8/h2-3,6,10H,4-5H2,1H3. The first-order chi connectivity index (χ1) is 6.07. The minimum absolute atomic E-state index is 0.389. The summed E-state index contributed by atoms with van der Waals surface area (Å²) < 4.78 is 22.4. The molecule has 1 N–H and O–H groups in total. The van der Waals surface area contributed by atoms with Crippen molar-refractivity contribution in [2.24, 2.45) is 0 Å². The van der Waals surface area contributed by atoms with Crippen molar-refractivity contribution in [2.45, 2.75) is 11.3 Å². The van der Waals surface area contributed by atoms with Gasteiger partial charge in [-0.05, 0) is 24.1 Å². The molecule has 0 atom stereocenters. The Bertz CT molecular complexity index is 437. The van der Waals surface area contributed by atoms with Crippen LogP contribution in [0.1, 0.15) is 5.56 Å². The van der Waals surface area contributed by atoms with Crippen LogP contribution in [0.2, 0.25) is 0 Å². The molecule has 2 rings (SSSR count). The molecule has 70 valence electrons. The number of hydrogen-bond acceptors (Lipinski definition) is 3. The highest BCUT2D eigenvalue weighted by molar-refractivity contribution is 7.90. The second-order valence-corrected chi connectivity index (χ2v) is 5.28. The summed E-state index contributed by atoms with van der Waals surface area (Å²) in [4.78, 5) is 0.389. The van der Waals surface area contributed by atoms with Crippen LogP contribution >= 0.6 is 0 Å².